The predicted molar refractivity (Wildman–Crippen MR) is 106 cm³/mol. The molecule has 0 atom stereocenters. The van der Waals surface area contributed by atoms with E-state index in [2.05, 4.69) is 0 Å². The molecule has 0 bridgehead atoms. The second kappa shape index (κ2) is 9.36. The Kier molecular flexibility index (Phi) is 6.42. The number of nitrogens with zero attached hydrogens (tertiary/aromatic N) is 1. The first kappa shape index (κ1) is 19.9. The van der Waals surface area contributed by atoms with Crippen molar-refractivity contribution in [2.45, 2.75) is 13.2 Å². The molecule has 148 valence electrons. The van der Waals surface area contributed by atoms with Gasteiger partial charge in [0, 0.05) is 18.2 Å². The second-order valence-electron chi connectivity index (χ2n) is 6.14. The normalized spacial score (nSPS) is 10.2. The number of hydrogen-bond acceptors (Lipinski definition) is 6. The quantitative estimate of drug-likeness (QED) is 0.317. The topological polar surface area (TPSA) is 87.9 Å². The maximum Gasteiger partial charge on any atom is 0.341 e. The second-order valence-corrected chi connectivity index (χ2v) is 6.14. The fourth-order valence-corrected chi connectivity index (χ4v) is 2.61. The summed E-state index contributed by atoms with van der Waals surface area (Å²) in [6.45, 7) is 0.504. The van der Waals surface area contributed by atoms with E-state index in [9.17, 15) is 14.9 Å². The summed E-state index contributed by atoms with van der Waals surface area (Å²) in [4.78, 5) is 22.3. The first-order valence-electron chi connectivity index (χ1n) is 8.82. The molecule has 0 spiro atoms. The van der Waals surface area contributed by atoms with Gasteiger partial charge >= 0.3 is 5.97 Å². The van der Waals surface area contributed by atoms with E-state index in [1.807, 2.05) is 30.3 Å². The van der Waals surface area contributed by atoms with Crippen LogP contribution < -0.4 is 9.47 Å². The van der Waals surface area contributed by atoms with Crippen LogP contribution in [0.25, 0.3) is 0 Å². The van der Waals surface area contributed by atoms with Crippen molar-refractivity contribution in [3.05, 3.63) is 99.6 Å². The zero-order valence-corrected chi connectivity index (χ0v) is 15.7. The van der Waals surface area contributed by atoms with Crippen LogP contribution in [0.15, 0.2) is 72.8 Å². The maximum absolute atomic E-state index is 12.0. The molecule has 7 heteroatoms. The minimum absolute atomic E-state index is 0.0211. The van der Waals surface area contributed by atoms with Crippen LogP contribution in [0.4, 0.5) is 5.69 Å². The number of methoxy groups -OCH3 is 1. The molecule has 0 fully saturated rings. The number of benzene rings is 3. The number of rotatable bonds is 8. The molecule has 7 nitrogen and oxygen atoms in total. The largest absolute Gasteiger partial charge is 0.489 e. The molecule has 0 aromatic heterocycles. The molecule has 0 saturated heterocycles. The summed E-state index contributed by atoms with van der Waals surface area (Å²) in [5.74, 6) is 0.343. The lowest BCUT2D eigenvalue weighted by Crippen LogP contribution is -2.06. The molecule has 0 radical (unpaired) electrons. The Hall–Kier alpha value is -3.87. The monoisotopic (exact) mass is 393 g/mol. The van der Waals surface area contributed by atoms with Crippen molar-refractivity contribution in [1.29, 1.82) is 0 Å². The Morgan fingerprint density at radius 1 is 0.897 bits per heavy atom. The fourth-order valence-electron chi connectivity index (χ4n) is 2.61. The third-order valence-electron chi connectivity index (χ3n) is 4.15. The van der Waals surface area contributed by atoms with Gasteiger partial charge in [0.1, 0.15) is 30.3 Å². The van der Waals surface area contributed by atoms with Gasteiger partial charge in [-0.1, -0.05) is 30.3 Å². The van der Waals surface area contributed by atoms with Gasteiger partial charge in [-0.05, 0) is 35.4 Å². The molecule has 0 amide bonds. The lowest BCUT2D eigenvalue weighted by atomic mass is 10.2. The highest BCUT2D eigenvalue weighted by atomic mass is 16.6. The zero-order valence-electron chi connectivity index (χ0n) is 15.7. The number of non-ortho nitro benzene ring substituents is 1. The van der Waals surface area contributed by atoms with E-state index in [1.165, 1.54) is 19.2 Å². The highest BCUT2D eigenvalue weighted by Gasteiger charge is 2.15. The summed E-state index contributed by atoms with van der Waals surface area (Å²) >= 11 is 0. The van der Waals surface area contributed by atoms with Gasteiger partial charge in [0.15, 0.2) is 0 Å². The van der Waals surface area contributed by atoms with E-state index in [0.29, 0.717) is 17.1 Å². The smallest absolute Gasteiger partial charge is 0.341 e. The standard InChI is InChI=1S/C22H19NO6/c1-27-22(24)20-12-11-19(13-21(20)29-15-16-5-3-2-4-6-16)28-14-17-7-9-18(10-8-17)23(25)26/h2-13H,14-15H2,1H3. The number of nitro benzene ring substituents is 1. The molecule has 0 aliphatic rings. The van der Waals surface area contributed by atoms with Crippen LogP contribution in [-0.2, 0) is 18.0 Å². The van der Waals surface area contributed by atoms with Gasteiger partial charge in [0.25, 0.3) is 5.69 Å². The zero-order chi connectivity index (χ0) is 20.6. The van der Waals surface area contributed by atoms with E-state index in [-0.39, 0.29) is 18.9 Å². The van der Waals surface area contributed by atoms with Gasteiger partial charge in [-0.15, -0.1) is 0 Å². The van der Waals surface area contributed by atoms with Crippen LogP contribution >= 0.6 is 0 Å². The fraction of sp³-hybridized carbons (Fsp3) is 0.136. The Balaban J connectivity index is 1.73. The summed E-state index contributed by atoms with van der Waals surface area (Å²) in [5.41, 5.74) is 2.05. The molecule has 29 heavy (non-hydrogen) atoms. The minimum atomic E-state index is -0.505. The molecular weight excluding hydrogens is 374 g/mol. The minimum Gasteiger partial charge on any atom is -0.489 e. The van der Waals surface area contributed by atoms with E-state index in [1.54, 1.807) is 30.3 Å². The molecule has 0 aliphatic heterocycles. The van der Waals surface area contributed by atoms with Crippen LogP contribution in [0.1, 0.15) is 21.5 Å². The average molecular weight is 393 g/mol. The SMILES string of the molecule is COC(=O)c1ccc(OCc2ccc([N+](=O)[O-])cc2)cc1OCc1ccccc1. The molecule has 0 heterocycles. The van der Waals surface area contributed by atoms with Gasteiger partial charge in [-0.25, -0.2) is 4.79 Å². The van der Waals surface area contributed by atoms with Crippen LogP contribution in [0, 0.1) is 10.1 Å². The average Bonchev–Trinajstić information content (AvgIpc) is 2.76. The molecule has 0 aliphatic carbocycles. The lowest BCUT2D eigenvalue weighted by molar-refractivity contribution is -0.384. The number of carbonyl (C=O) groups excluding carboxylic acids is 1. The van der Waals surface area contributed by atoms with Crippen molar-refractivity contribution < 1.29 is 23.9 Å². The Morgan fingerprint density at radius 2 is 1.55 bits per heavy atom. The lowest BCUT2D eigenvalue weighted by Gasteiger charge is -2.13. The molecule has 0 saturated carbocycles. The molecule has 3 rings (SSSR count). The number of esters is 1. The number of ether oxygens (including phenoxy) is 3. The number of hydrogen-bond donors (Lipinski definition) is 0. The molecule has 3 aromatic carbocycles. The Morgan fingerprint density at radius 3 is 2.21 bits per heavy atom. The van der Waals surface area contributed by atoms with Crippen molar-refractivity contribution >= 4 is 11.7 Å². The first-order chi connectivity index (χ1) is 14.1. The van der Waals surface area contributed by atoms with Crippen LogP contribution in [-0.4, -0.2) is 18.0 Å². The van der Waals surface area contributed by atoms with Gasteiger partial charge in [-0.2, -0.15) is 0 Å². The van der Waals surface area contributed by atoms with Gasteiger partial charge in [0.2, 0.25) is 0 Å². The van der Waals surface area contributed by atoms with Crippen LogP contribution in [0.5, 0.6) is 11.5 Å². The van der Waals surface area contributed by atoms with Gasteiger partial charge in [-0.3, -0.25) is 10.1 Å². The van der Waals surface area contributed by atoms with Crippen molar-refractivity contribution in [3.8, 4) is 11.5 Å². The summed E-state index contributed by atoms with van der Waals surface area (Å²) in [6, 6.07) is 20.5. The highest BCUT2D eigenvalue weighted by Crippen LogP contribution is 2.27. The van der Waals surface area contributed by atoms with Crippen LogP contribution in [0.2, 0.25) is 0 Å². The summed E-state index contributed by atoms with van der Waals surface area (Å²) in [6.07, 6.45) is 0. The Labute approximate surface area is 167 Å². The molecular formula is C22H19NO6. The highest BCUT2D eigenvalue weighted by molar-refractivity contribution is 5.92. The third-order valence-corrected chi connectivity index (χ3v) is 4.15. The van der Waals surface area contributed by atoms with E-state index >= 15 is 0 Å². The number of carbonyl (C=O) groups is 1. The van der Waals surface area contributed by atoms with E-state index in [0.717, 1.165) is 11.1 Å². The summed E-state index contributed by atoms with van der Waals surface area (Å²) < 4.78 is 16.4. The Bertz CT molecular complexity index is 986. The van der Waals surface area contributed by atoms with Crippen molar-refractivity contribution in [2.24, 2.45) is 0 Å². The third kappa shape index (κ3) is 5.32. The summed E-state index contributed by atoms with van der Waals surface area (Å²) in [7, 11) is 1.31. The molecule has 0 N–H and O–H groups in total. The molecule has 3 aromatic rings. The van der Waals surface area contributed by atoms with Crippen molar-refractivity contribution in [3.63, 3.8) is 0 Å². The first-order valence-corrected chi connectivity index (χ1v) is 8.82. The van der Waals surface area contributed by atoms with Crippen molar-refractivity contribution in [1.82, 2.24) is 0 Å². The number of nitro groups is 1. The van der Waals surface area contributed by atoms with Crippen LogP contribution in [0.3, 0.4) is 0 Å². The summed E-state index contributed by atoms with van der Waals surface area (Å²) in [5, 5.41) is 10.7. The predicted octanol–water partition coefficient (Wildman–Crippen LogP) is 4.54. The maximum atomic E-state index is 12.0. The van der Waals surface area contributed by atoms with Gasteiger partial charge in [0.05, 0.1) is 12.0 Å². The van der Waals surface area contributed by atoms with E-state index < -0.39 is 10.9 Å². The van der Waals surface area contributed by atoms with E-state index in [4.69, 9.17) is 14.2 Å². The molecule has 0 unspecified atom stereocenters. The van der Waals surface area contributed by atoms with Crippen molar-refractivity contribution in [2.75, 3.05) is 7.11 Å². The van der Waals surface area contributed by atoms with Gasteiger partial charge < -0.3 is 14.2 Å².